The van der Waals surface area contributed by atoms with E-state index in [1.165, 1.54) is 23.9 Å². The Bertz CT molecular complexity index is 1410. The molecule has 2 aromatic rings. The molecule has 1 fully saturated rings. The number of carbonyl (C=O) groups excluding carboxylic acids is 4. The van der Waals surface area contributed by atoms with Crippen molar-refractivity contribution < 1.29 is 46.4 Å². The minimum Gasteiger partial charge on any atom is -0.379 e. The number of thioether (sulfide) groups is 1. The Hall–Kier alpha value is -3.14. The first kappa shape index (κ1) is 31.8. The summed E-state index contributed by atoms with van der Waals surface area (Å²) in [5.41, 5.74) is 1.47. The number of amides is 4. The number of rotatable bonds is 16. The molecule has 0 radical (unpaired) electrons. The molecule has 1 unspecified atom stereocenters. The highest BCUT2D eigenvalue weighted by Crippen LogP contribution is 2.34. The summed E-state index contributed by atoms with van der Waals surface area (Å²) in [6.07, 6.45) is 1.65. The van der Waals surface area contributed by atoms with Gasteiger partial charge < -0.3 is 14.2 Å². The van der Waals surface area contributed by atoms with E-state index in [-0.39, 0.29) is 28.9 Å². The lowest BCUT2D eigenvalue weighted by Gasteiger charge is -2.27. The van der Waals surface area contributed by atoms with Gasteiger partial charge in [0.2, 0.25) is 11.8 Å². The largest absolute Gasteiger partial charge is 0.379 e. The van der Waals surface area contributed by atoms with Crippen molar-refractivity contribution in [2.45, 2.75) is 41.5 Å². The van der Waals surface area contributed by atoms with Crippen molar-refractivity contribution >= 4 is 45.5 Å². The van der Waals surface area contributed by atoms with Crippen molar-refractivity contribution in [2.24, 2.45) is 0 Å². The molecule has 0 aromatic heterocycles. The van der Waals surface area contributed by atoms with Gasteiger partial charge in [0.05, 0.1) is 49.1 Å². The predicted octanol–water partition coefficient (Wildman–Crippen LogP) is 2.11. The summed E-state index contributed by atoms with van der Waals surface area (Å²) in [5, 5.41) is 2.19. The fourth-order valence-corrected chi connectivity index (χ4v) is 5.98. The highest BCUT2D eigenvalue weighted by Gasteiger charge is 2.45. The van der Waals surface area contributed by atoms with Crippen LogP contribution in [0.25, 0.3) is 0 Å². The van der Waals surface area contributed by atoms with Gasteiger partial charge in [-0.25, -0.2) is 0 Å². The van der Waals surface area contributed by atoms with E-state index in [2.05, 4.69) is 5.32 Å². The van der Waals surface area contributed by atoms with Crippen molar-refractivity contribution in [3.05, 3.63) is 59.2 Å². The Morgan fingerprint density at radius 3 is 2.21 bits per heavy atom. The van der Waals surface area contributed by atoms with Crippen LogP contribution in [0, 0.1) is 0 Å². The summed E-state index contributed by atoms with van der Waals surface area (Å²) >= 11 is 1.38. The summed E-state index contributed by atoms with van der Waals surface area (Å²) in [6.45, 7) is 2.55. The summed E-state index contributed by atoms with van der Waals surface area (Å²) in [6, 6.07) is 10.1. The summed E-state index contributed by atoms with van der Waals surface area (Å²) in [7, 11) is -4.18. The molecule has 2 aliphatic heterocycles. The Kier molecular flexibility index (Phi) is 11.2. The minimum absolute atomic E-state index is 0.0701. The molecular weight excluding hydrogens is 588 g/mol. The van der Waals surface area contributed by atoms with Crippen LogP contribution in [0.2, 0.25) is 0 Å². The predicted molar refractivity (Wildman–Crippen MR) is 151 cm³/mol. The quantitative estimate of drug-likeness (QED) is 0.122. The van der Waals surface area contributed by atoms with Crippen LogP contribution >= 0.6 is 11.8 Å². The van der Waals surface area contributed by atoms with Crippen LogP contribution in [0.1, 0.15) is 45.5 Å². The van der Waals surface area contributed by atoms with Gasteiger partial charge in [-0.1, -0.05) is 18.2 Å². The van der Waals surface area contributed by atoms with Crippen LogP contribution in [0.15, 0.2) is 52.3 Å². The standard InChI is InChI=1S/C28H32N2O10S2/c31-24-11-10-22(26(32)29-24)30-27(33)21-4-1-5-23(25(21)28(30)34)41-18-17-40-16-15-39-14-13-38-12-2-3-19-6-8-20(9-7-19)42(35,36)37/h1,4-9,22H,2-3,10-18H2,(H,29,31,32)(H,35,36,37). The second-order valence-corrected chi connectivity index (χ2v) is 12.1. The zero-order valence-corrected chi connectivity index (χ0v) is 24.4. The highest BCUT2D eigenvalue weighted by atomic mass is 32.2. The number of carbonyl (C=O) groups is 4. The molecule has 226 valence electrons. The van der Waals surface area contributed by atoms with Crippen LogP contribution in [0.5, 0.6) is 0 Å². The SMILES string of the molecule is O=C1CCC(N2C(=O)c3cccc(SCCOCCOCCOCCCc4ccc(S(=O)(=O)O)cc4)c3C2=O)C(=O)N1. The molecule has 0 saturated carbocycles. The van der Waals surface area contributed by atoms with Crippen molar-refractivity contribution in [3.8, 4) is 0 Å². The number of hydrogen-bond donors (Lipinski definition) is 2. The van der Waals surface area contributed by atoms with E-state index in [1.807, 2.05) is 0 Å². The first-order valence-corrected chi connectivity index (χ1v) is 15.9. The molecule has 0 spiro atoms. The maximum Gasteiger partial charge on any atom is 0.294 e. The third kappa shape index (κ3) is 8.24. The summed E-state index contributed by atoms with van der Waals surface area (Å²) in [4.78, 5) is 51.2. The van der Waals surface area contributed by atoms with Crippen LogP contribution in [0.4, 0.5) is 0 Å². The van der Waals surface area contributed by atoms with E-state index < -0.39 is 39.8 Å². The lowest BCUT2D eigenvalue weighted by molar-refractivity contribution is -0.136. The van der Waals surface area contributed by atoms with Gasteiger partial charge in [0, 0.05) is 23.7 Å². The minimum atomic E-state index is -4.18. The molecule has 0 bridgehead atoms. The van der Waals surface area contributed by atoms with Gasteiger partial charge in [0.25, 0.3) is 21.9 Å². The van der Waals surface area contributed by atoms with Crippen molar-refractivity contribution in [3.63, 3.8) is 0 Å². The van der Waals surface area contributed by atoms with Gasteiger partial charge in [0.15, 0.2) is 0 Å². The topological polar surface area (TPSA) is 166 Å². The molecule has 2 aromatic carbocycles. The molecule has 1 atom stereocenters. The average molecular weight is 621 g/mol. The Balaban J connectivity index is 1.06. The van der Waals surface area contributed by atoms with E-state index in [4.69, 9.17) is 18.8 Å². The molecule has 0 aliphatic carbocycles. The molecular formula is C28H32N2O10S2. The number of piperidine rings is 1. The van der Waals surface area contributed by atoms with Gasteiger partial charge in [0.1, 0.15) is 6.04 Å². The molecule has 12 nitrogen and oxygen atoms in total. The smallest absolute Gasteiger partial charge is 0.294 e. The molecule has 2 aliphatic rings. The average Bonchev–Trinajstić information content (AvgIpc) is 3.21. The van der Waals surface area contributed by atoms with Gasteiger partial charge in [-0.15, -0.1) is 11.8 Å². The highest BCUT2D eigenvalue weighted by molar-refractivity contribution is 7.99. The van der Waals surface area contributed by atoms with Crippen LogP contribution in [-0.2, 0) is 40.3 Å². The van der Waals surface area contributed by atoms with Crippen molar-refractivity contribution in [2.75, 3.05) is 45.4 Å². The van der Waals surface area contributed by atoms with E-state index in [9.17, 15) is 27.6 Å². The molecule has 2 N–H and O–H groups in total. The summed E-state index contributed by atoms with van der Waals surface area (Å²) < 4.78 is 47.8. The van der Waals surface area contributed by atoms with E-state index >= 15 is 0 Å². The third-order valence-electron chi connectivity index (χ3n) is 6.63. The molecule has 4 amide bonds. The number of nitrogens with zero attached hydrogens (tertiary/aromatic N) is 1. The van der Waals surface area contributed by atoms with Gasteiger partial charge in [-0.2, -0.15) is 8.42 Å². The molecule has 1 saturated heterocycles. The second-order valence-electron chi connectivity index (χ2n) is 9.53. The van der Waals surface area contributed by atoms with E-state index in [0.29, 0.717) is 56.7 Å². The number of aryl methyl sites for hydroxylation is 1. The molecule has 2 heterocycles. The fourth-order valence-electron chi connectivity index (χ4n) is 4.56. The monoisotopic (exact) mass is 620 g/mol. The van der Waals surface area contributed by atoms with Gasteiger partial charge >= 0.3 is 0 Å². The van der Waals surface area contributed by atoms with Gasteiger partial charge in [-0.05, 0) is 49.1 Å². The molecule has 42 heavy (non-hydrogen) atoms. The number of ether oxygens (including phenoxy) is 3. The zero-order chi connectivity index (χ0) is 30.1. The summed E-state index contributed by atoms with van der Waals surface area (Å²) in [5.74, 6) is -1.57. The van der Waals surface area contributed by atoms with Crippen LogP contribution < -0.4 is 5.32 Å². The third-order valence-corrected chi connectivity index (χ3v) is 8.52. The van der Waals surface area contributed by atoms with Gasteiger partial charge in [-0.3, -0.25) is 33.9 Å². The lowest BCUT2D eigenvalue weighted by atomic mass is 10.0. The number of hydrogen-bond acceptors (Lipinski definition) is 10. The molecule has 4 rings (SSSR count). The molecule has 14 heteroatoms. The Labute approximate surface area is 247 Å². The lowest BCUT2D eigenvalue weighted by Crippen LogP contribution is -2.54. The maximum absolute atomic E-state index is 13.1. The first-order valence-electron chi connectivity index (χ1n) is 13.4. The van der Waals surface area contributed by atoms with Crippen LogP contribution in [-0.4, -0.2) is 92.9 Å². The van der Waals surface area contributed by atoms with Crippen molar-refractivity contribution in [1.82, 2.24) is 10.2 Å². The first-order chi connectivity index (χ1) is 20.2. The number of nitrogens with one attached hydrogen (secondary N) is 1. The number of benzene rings is 2. The normalized spacial score (nSPS) is 17.1. The number of fused-ring (bicyclic) bond motifs is 1. The number of imide groups is 2. The van der Waals surface area contributed by atoms with E-state index in [1.54, 1.807) is 30.3 Å². The van der Waals surface area contributed by atoms with Crippen LogP contribution in [0.3, 0.4) is 0 Å². The van der Waals surface area contributed by atoms with E-state index in [0.717, 1.165) is 16.9 Å². The fraction of sp³-hybridized carbons (Fsp3) is 0.429. The second kappa shape index (κ2) is 14.8. The maximum atomic E-state index is 13.1. The Morgan fingerprint density at radius 2 is 1.55 bits per heavy atom. The van der Waals surface area contributed by atoms with Crippen molar-refractivity contribution in [1.29, 1.82) is 0 Å². The zero-order valence-electron chi connectivity index (χ0n) is 22.8. The Morgan fingerprint density at radius 1 is 0.881 bits per heavy atom.